The largest absolute Gasteiger partial charge is 0.305 e. The van der Waals surface area contributed by atoms with Gasteiger partial charge in [0.15, 0.2) is 10.8 Å². The van der Waals surface area contributed by atoms with Gasteiger partial charge in [-0.1, -0.05) is 17.7 Å². The van der Waals surface area contributed by atoms with E-state index >= 15 is 0 Å². The molecule has 106 valence electrons. The molecule has 0 spiro atoms. The maximum Gasteiger partial charge on any atom is 0.225 e. The maximum absolute atomic E-state index is 12.3. The Balaban J connectivity index is 2.05. The summed E-state index contributed by atoms with van der Waals surface area (Å²) >= 11 is 11.8. The Morgan fingerprint density at radius 1 is 1.24 bits per heavy atom. The van der Waals surface area contributed by atoms with E-state index < -0.39 is 0 Å². The van der Waals surface area contributed by atoms with Crippen LogP contribution >= 0.6 is 23.2 Å². The summed E-state index contributed by atoms with van der Waals surface area (Å²) in [4.78, 5) is 28.5. The minimum absolute atomic E-state index is 0.0129. The number of ketones is 1. The van der Waals surface area contributed by atoms with Gasteiger partial charge in [0.25, 0.3) is 0 Å². The average molecular weight is 322 g/mol. The number of aromatic nitrogens is 5. The predicted molar refractivity (Wildman–Crippen MR) is 78.6 cm³/mol. The van der Waals surface area contributed by atoms with Gasteiger partial charge in [-0.15, -0.1) is 0 Å². The van der Waals surface area contributed by atoms with Crippen LogP contribution < -0.4 is 0 Å². The summed E-state index contributed by atoms with van der Waals surface area (Å²) in [5, 5.41) is 0.177. The minimum Gasteiger partial charge on any atom is -0.305 e. The zero-order valence-corrected chi connectivity index (χ0v) is 12.4. The Bertz CT molecular complexity index is 831. The van der Waals surface area contributed by atoms with E-state index in [9.17, 15) is 4.79 Å². The number of Topliss-reactive ketones (excluding diaryl/α,β-unsaturated/α-hetero) is 1. The number of carbonyl (C=O) groups is 1. The molecule has 21 heavy (non-hydrogen) atoms. The second kappa shape index (κ2) is 5.38. The van der Waals surface area contributed by atoms with E-state index in [1.165, 1.54) is 0 Å². The molecule has 3 aromatic heterocycles. The van der Waals surface area contributed by atoms with E-state index in [1.54, 1.807) is 35.9 Å². The zero-order valence-electron chi connectivity index (χ0n) is 10.9. The van der Waals surface area contributed by atoms with Crippen molar-refractivity contribution in [2.45, 2.75) is 13.5 Å². The van der Waals surface area contributed by atoms with Crippen LogP contribution in [0.2, 0.25) is 10.4 Å². The maximum atomic E-state index is 12.3. The van der Waals surface area contributed by atoms with Crippen LogP contribution in [0.5, 0.6) is 0 Å². The highest BCUT2D eigenvalue weighted by Gasteiger charge is 2.17. The van der Waals surface area contributed by atoms with Gasteiger partial charge in [0.05, 0.1) is 6.54 Å². The SMILES string of the molecule is Cc1nc2c(Cl)nc(Cl)nc2n1CC(=O)c1ccccn1. The summed E-state index contributed by atoms with van der Waals surface area (Å²) in [5.41, 5.74) is 1.24. The second-order valence-corrected chi connectivity index (χ2v) is 5.04. The van der Waals surface area contributed by atoms with Gasteiger partial charge in [0.1, 0.15) is 17.0 Å². The summed E-state index contributed by atoms with van der Waals surface area (Å²) in [6.07, 6.45) is 1.57. The molecule has 0 aliphatic heterocycles. The van der Waals surface area contributed by atoms with Crippen LogP contribution in [0.25, 0.3) is 11.2 Å². The molecule has 0 saturated heterocycles. The molecule has 0 aliphatic carbocycles. The van der Waals surface area contributed by atoms with Crippen molar-refractivity contribution >= 4 is 40.1 Å². The molecule has 0 amide bonds. The zero-order chi connectivity index (χ0) is 15.0. The molecule has 0 N–H and O–H groups in total. The molecule has 3 rings (SSSR count). The molecule has 0 aliphatic rings. The van der Waals surface area contributed by atoms with Gasteiger partial charge in [-0.25, -0.2) is 9.97 Å². The van der Waals surface area contributed by atoms with E-state index in [2.05, 4.69) is 19.9 Å². The molecular formula is C13H9Cl2N5O. The van der Waals surface area contributed by atoms with E-state index in [4.69, 9.17) is 23.2 Å². The third-order valence-corrected chi connectivity index (χ3v) is 3.40. The van der Waals surface area contributed by atoms with Gasteiger partial charge < -0.3 is 4.57 Å². The molecule has 8 heteroatoms. The van der Waals surface area contributed by atoms with Gasteiger partial charge in [-0.3, -0.25) is 9.78 Å². The van der Waals surface area contributed by atoms with Crippen LogP contribution in [0.4, 0.5) is 0 Å². The van der Waals surface area contributed by atoms with Gasteiger partial charge in [0, 0.05) is 6.20 Å². The van der Waals surface area contributed by atoms with E-state index in [0.717, 1.165) is 0 Å². The number of hydrogen-bond donors (Lipinski definition) is 0. The Hall–Kier alpha value is -2.05. The number of nitrogens with zero attached hydrogens (tertiary/aromatic N) is 5. The highest BCUT2D eigenvalue weighted by Crippen LogP contribution is 2.22. The standard InChI is InChI=1S/C13H9Cl2N5O/c1-7-17-10-11(14)18-13(15)19-12(10)20(7)6-9(21)8-4-2-3-5-16-8/h2-5H,6H2,1H3. The molecule has 0 fully saturated rings. The normalized spacial score (nSPS) is 11.0. The van der Waals surface area contributed by atoms with Crippen molar-refractivity contribution in [3.8, 4) is 0 Å². The first-order chi connectivity index (χ1) is 10.1. The van der Waals surface area contributed by atoms with Crippen molar-refractivity contribution in [2.24, 2.45) is 0 Å². The number of aryl methyl sites for hydroxylation is 1. The van der Waals surface area contributed by atoms with Crippen molar-refractivity contribution in [3.63, 3.8) is 0 Å². The lowest BCUT2D eigenvalue weighted by Gasteiger charge is -2.05. The van der Waals surface area contributed by atoms with Crippen molar-refractivity contribution < 1.29 is 4.79 Å². The van der Waals surface area contributed by atoms with Crippen LogP contribution in [0, 0.1) is 6.92 Å². The van der Waals surface area contributed by atoms with Crippen LogP contribution in [-0.4, -0.2) is 30.3 Å². The third-order valence-electron chi connectivity index (χ3n) is 2.97. The number of imidazole rings is 1. The minimum atomic E-state index is -0.149. The van der Waals surface area contributed by atoms with Crippen LogP contribution in [0.3, 0.4) is 0 Å². The lowest BCUT2D eigenvalue weighted by Crippen LogP contribution is -2.13. The van der Waals surface area contributed by atoms with E-state index in [1.807, 2.05) is 0 Å². The summed E-state index contributed by atoms with van der Waals surface area (Å²) in [6.45, 7) is 1.82. The van der Waals surface area contributed by atoms with Crippen molar-refractivity contribution in [2.75, 3.05) is 0 Å². The first-order valence-corrected chi connectivity index (χ1v) is 6.82. The summed E-state index contributed by atoms with van der Waals surface area (Å²) in [5.74, 6) is 0.455. The number of halogens is 2. The quantitative estimate of drug-likeness (QED) is 0.421. The van der Waals surface area contributed by atoms with Crippen molar-refractivity contribution in [1.29, 1.82) is 0 Å². The molecule has 3 heterocycles. The summed E-state index contributed by atoms with van der Waals surface area (Å²) < 4.78 is 1.64. The number of fused-ring (bicyclic) bond motifs is 1. The van der Waals surface area contributed by atoms with Crippen LogP contribution in [0.15, 0.2) is 24.4 Å². The first-order valence-electron chi connectivity index (χ1n) is 6.06. The Kier molecular flexibility index (Phi) is 3.57. The molecule has 0 unspecified atom stereocenters. The first kappa shape index (κ1) is 13.9. The Labute approximate surface area is 129 Å². The number of hydrogen-bond acceptors (Lipinski definition) is 5. The fraction of sp³-hybridized carbons (Fsp3) is 0.154. The number of rotatable bonds is 3. The highest BCUT2D eigenvalue weighted by molar-refractivity contribution is 6.35. The monoisotopic (exact) mass is 321 g/mol. The smallest absolute Gasteiger partial charge is 0.225 e. The van der Waals surface area contributed by atoms with E-state index in [0.29, 0.717) is 22.7 Å². The average Bonchev–Trinajstić information content (AvgIpc) is 2.77. The van der Waals surface area contributed by atoms with Crippen molar-refractivity contribution in [3.05, 3.63) is 46.4 Å². The summed E-state index contributed by atoms with van der Waals surface area (Å²) in [7, 11) is 0. The second-order valence-electron chi connectivity index (χ2n) is 4.34. The Morgan fingerprint density at radius 2 is 2.05 bits per heavy atom. The van der Waals surface area contributed by atoms with Crippen LogP contribution in [-0.2, 0) is 6.54 Å². The molecule has 0 aromatic carbocycles. The fourth-order valence-electron chi connectivity index (χ4n) is 1.99. The Morgan fingerprint density at radius 3 is 2.76 bits per heavy atom. The lowest BCUT2D eigenvalue weighted by molar-refractivity contribution is 0.0967. The van der Waals surface area contributed by atoms with Gasteiger partial charge in [-0.05, 0) is 30.7 Å². The topological polar surface area (TPSA) is 73.6 Å². The van der Waals surface area contributed by atoms with E-state index in [-0.39, 0.29) is 22.8 Å². The summed E-state index contributed by atoms with van der Waals surface area (Å²) in [6, 6.07) is 5.17. The predicted octanol–water partition coefficient (Wildman–Crippen LogP) is 2.72. The molecule has 0 saturated carbocycles. The number of carbonyl (C=O) groups excluding carboxylic acids is 1. The molecule has 6 nitrogen and oxygen atoms in total. The highest BCUT2D eigenvalue weighted by atomic mass is 35.5. The van der Waals surface area contributed by atoms with Gasteiger partial charge in [0.2, 0.25) is 11.1 Å². The lowest BCUT2D eigenvalue weighted by atomic mass is 10.2. The van der Waals surface area contributed by atoms with Crippen LogP contribution in [0.1, 0.15) is 16.3 Å². The molecule has 3 aromatic rings. The van der Waals surface area contributed by atoms with Gasteiger partial charge in [-0.2, -0.15) is 4.98 Å². The molecule has 0 bridgehead atoms. The van der Waals surface area contributed by atoms with Crippen molar-refractivity contribution in [1.82, 2.24) is 24.5 Å². The third kappa shape index (κ3) is 2.59. The number of pyridine rings is 1. The molecule has 0 radical (unpaired) electrons. The van der Waals surface area contributed by atoms with Gasteiger partial charge >= 0.3 is 0 Å². The fourth-order valence-corrected chi connectivity index (χ4v) is 2.41. The molecule has 0 atom stereocenters. The molecular weight excluding hydrogens is 313 g/mol.